The first kappa shape index (κ1) is 42.6. The lowest BCUT2D eigenvalue weighted by Gasteiger charge is -2.38. The van der Waals surface area contributed by atoms with E-state index in [1.807, 2.05) is 200 Å². The Morgan fingerprint density at radius 2 is 0.908 bits per heavy atom. The molecule has 2 amide bonds. The van der Waals surface area contributed by atoms with Crippen molar-refractivity contribution < 1.29 is 23.9 Å². The molecule has 0 bridgehead atoms. The van der Waals surface area contributed by atoms with Crippen molar-refractivity contribution in [2.75, 3.05) is 6.61 Å². The normalized spacial score (nSPS) is 12.6. The van der Waals surface area contributed by atoms with E-state index in [2.05, 4.69) is 22.8 Å². The summed E-state index contributed by atoms with van der Waals surface area (Å²) >= 11 is 7.02. The van der Waals surface area contributed by atoms with E-state index in [9.17, 15) is 4.79 Å². The third kappa shape index (κ3) is 8.42. The highest BCUT2D eigenvalue weighted by atomic mass is 35.5. The van der Waals surface area contributed by atoms with Gasteiger partial charge in [0.05, 0.1) is 6.42 Å². The first-order valence-electron chi connectivity index (χ1n) is 21.6. The number of rotatable bonds is 14. The number of hydrogen-bond acceptors (Lipinski definition) is 5. The van der Waals surface area contributed by atoms with Gasteiger partial charge in [-0.05, 0) is 45.0 Å². The number of carbonyl (C=O) groups excluding carboxylic acids is 3. The maximum atomic E-state index is 15.3. The smallest absolute Gasteiger partial charge is 0.407 e. The summed E-state index contributed by atoms with van der Waals surface area (Å²) in [6, 6.07) is 69.3. The quantitative estimate of drug-likeness (QED) is 0.0838. The van der Waals surface area contributed by atoms with Gasteiger partial charge in [-0.2, -0.15) is 0 Å². The molecule has 320 valence electrons. The first-order chi connectivity index (χ1) is 31.9. The van der Waals surface area contributed by atoms with Crippen molar-refractivity contribution in [1.82, 2.24) is 10.6 Å². The molecule has 9 rings (SSSR count). The number of fused-ring (bicyclic) bond motifs is 3. The molecule has 0 spiro atoms. The fraction of sp³-hybridized carbons (Fsp3) is 0.105. The van der Waals surface area contributed by atoms with Crippen LogP contribution >= 0.6 is 11.6 Å². The van der Waals surface area contributed by atoms with Crippen molar-refractivity contribution in [2.45, 2.75) is 29.5 Å². The zero-order valence-corrected chi connectivity index (χ0v) is 36.1. The monoisotopic (exact) mass is 872 g/mol. The second kappa shape index (κ2) is 18.9. The van der Waals surface area contributed by atoms with E-state index in [4.69, 9.17) is 21.1 Å². The van der Waals surface area contributed by atoms with Crippen LogP contribution in [0.1, 0.15) is 56.8 Å². The zero-order chi connectivity index (χ0) is 44.6. The van der Waals surface area contributed by atoms with Crippen molar-refractivity contribution in [3.8, 4) is 11.1 Å². The summed E-state index contributed by atoms with van der Waals surface area (Å²) in [5.74, 6) is -1.66. The molecule has 0 saturated carbocycles. The van der Waals surface area contributed by atoms with Crippen molar-refractivity contribution in [3.05, 3.63) is 274 Å². The van der Waals surface area contributed by atoms with Gasteiger partial charge in [-0.1, -0.05) is 230 Å². The molecule has 0 unspecified atom stereocenters. The lowest BCUT2D eigenvalue weighted by atomic mass is 9.77. The lowest BCUT2D eigenvalue weighted by molar-refractivity contribution is -0.157. The summed E-state index contributed by atoms with van der Waals surface area (Å²) < 4.78 is 12.8. The number of amides is 2. The number of ether oxygens (including phenoxy) is 2. The van der Waals surface area contributed by atoms with Gasteiger partial charge in [-0.15, -0.1) is 0 Å². The molecule has 0 saturated heterocycles. The minimum Gasteiger partial charge on any atom is -0.449 e. The van der Waals surface area contributed by atoms with Gasteiger partial charge in [0.2, 0.25) is 5.91 Å². The maximum absolute atomic E-state index is 15.3. The molecule has 65 heavy (non-hydrogen) atoms. The molecule has 8 aromatic rings. The Morgan fingerprint density at radius 3 is 1.37 bits per heavy atom. The van der Waals surface area contributed by atoms with Crippen molar-refractivity contribution >= 4 is 29.6 Å². The van der Waals surface area contributed by atoms with Crippen LogP contribution in [0.15, 0.2) is 224 Å². The molecule has 0 heterocycles. The molecule has 0 radical (unpaired) electrons. The fourth-order valence-corrected chi connectivity index (χ4v) is 9.44. The van der Waals surface area contributed by atoms with E-state index in [0.717, 1.165) is 38.9 Å². The summed E-state index contributed by atoms with van der Waals surface area (Å²) in [5, 5.41) is 6.48. The number of hydrogen-bond donors (Lipinski definition) is 2. The van der Waals surface area contributed by atoms with E-state index < -0.39 is 41.6 Å². The predicted octanol–water partition coefficient (Wildman–Crippen LogP) is 11.6. The molecule has 2 N–H and O–H groups in total. The van der Waals surface area contributed by atoms with Crippen molar-refractivity contribution in [2.24, 2.45) is 0 Å². The highest BCUT2D eigenvalue weighted by Crippen LogP contribution is 2.46. The molecule has 0 aromatic heterocycles. The molecule has 8 aromatic carbocycles. The second-order valence-electron chi connectivity index (χ2n) is 15.9. The Labute approximate surface area is 383 Å². The molecule has 1 aliphatic rings. The standard InChI is InChI=1S/C57H45ClN2O5/c58-51-37-21-20-36-50(51)57(43-28-12-4-13-29-43,44-30-14-5-15-31-44)65-54(62)52(59-55(63)64-39-49-47-34-18-16-32-45(47)46-33-17-19-35-48(46)49)38-53(61)60-56(40-22-6-1-7-23-40,41-24-8-2-9-25-41)42-26-10-3-11-27-42/h1-37,49,52H,38-39H2,(H,59,63)(H,60,61)/t52-/m0/s1. The Balaban J connectivity index is 1.11. The highest BCUT2D eigenvalue weighted by molar-refractivity contribution is 6.31. The number of nitrogens with one attached hydrogen (secondary N) is 2. The summed E-state index contributed by atoms with van der Waals surface area (Å²) in [6.07, 6.45) is -1.40. The Morgan fingerprint density at radius 1 is 0.508 bits per heavy atom. The van der Waals surface area contributed by atoms with Crippen LogP contribution in [0.2, 0.25) is 5.02 Å². The van der Waals surface area contributed by atoms with E-state index in [1.54, 1.807) is 12.1 Å². The number of esters is 1. The van der Waals surface area contributed by atoms with Crippen LogP contribution in [-0.2, 0) is 30.2 Å². The van der Waals surface area contributed by atoms with Crippen LogP contribution in [0, 0.1) is 0 Å². The minimum atomic E-state index is -1.61. The Hall–Kier alpha value is -7.74. The molecule has 7 nitrogen and oxygen atoms in total. The van der Waals surface area contributed by atoms with Gasteiger partial charge in [-0.25, -0.2) is 9.59 Å². The average molecular weight is 873 g/mol. The maximum Gasteiger partial charge on any atom is 0.407 e. The van der Waals surface area contributed by atoms with Gasteiger partial charge in [0.25, 0.3) is 0 Å². The largest absolute Gasteiger partial charge is 0.449 e. The molecular formula is C57H45ClN2O5. The van der Waals surface area contributed by atoms with Crippen molar-refractivity contribution in [3.63, 3.8) is 0 Å². The number of alkyl carbamates (subject to hydrolysis) is 1. The van der Waals surface area contributed by atoms with Crippen LogP contribution in [0.5, 0.6) is 0 Å². The Kier molecular flexibility index (Phi) is 12.4. The van der Waals surface area contributed by atoms with Gasteiger partial charge in [0.1, 0.15) is 18.2 Å². The number of benzene rings is 8. The molecule has 0 fully saturated rings. The third-order valence-corrected chi connectivity index (χ3v) is 12.5. The molecule has 8 heteroatoms. The van der Waals surface area contributed by atoms with Crippen LogP contribution < -0.4 is 10.6 Å². The van der Waals surface area contributed by atoms with Crippen LogP contribution in [-0.4, -0.2) is 30.6 Å². The summed E-state index contributed by atoms with van der Waals surface area (Å²) in [6.45, 7) is -0.00938. The summed E-state index contributed by atoms with van der Waals surface area (Å²) in [7, 11) is 0. The Bertz CT molecular complexity index is 2730. The number of carbonyl (C=O) groups is 3. The fourth-order valence-electron chi connectivity index (χ4n) is 9.17. The van der Waals surface area contributed by atoms with Gasteiger partial charge in [0, 0.05) is 27.6 Å². The van der Waals surface area contributed by atoms with Gasteiger partial charge in [0.15, 0.2) is 5.60 Å². The van der Waals surface area contributed by atoms with E-state index in [1.165, 1.54) is 0 Å². The lowest BCUT2D eigenvalue weighted by Crippen LogP contribution is -2.52. The highest BCUT2D eigenvalue weighted by Gasteiger charge is 2.45. The average Bonchev–Trinajstić information content (AvgIpc) is 3.69. The zero-order valence-electron chi connectivity index (χ0n) is 35.4. The number of halogens is 1. The molecule has 1 atom stereocenters. The van der Waals surface area contributed by atoms with Gasteiger partial charge < -0.3 is 20.1 Å². The van der Waals surface area contributed by atoms with E-state index in [0.29, 0.717) is 21.7 Å². The minimum absolute atomic E-state index is 0.00938. The predicted molar refractivity (Wildman–Crippen MR) is 254 cm³/mol. The molecular weight excluding hydrogens is 828 g/mol. The first-order valence-corrected chi connectivity index (χ1v) is 21.9. The van der Waals surface area contributed by atoms with Crippen LogP contribution in [0.3, 0.4) is 0 Å². The summed E-state index contributed by atoms with van der Waals surface area (Å²) in [5.41, 5.74) is 5.48. The van der Waals surface area contributed by atoms with Gasteiger partial charge >= 0.3 is 12.1 Å². The summed E-state index contributed by atoms with van der Waals surface area (Å²) in [4.78, 5) is 44.5. The molecule has 1 aliphatic carbocycles. The van der Waals surface area contributed by atoms with E-state index >= 15 is 9.59 Å². The van der Waals surface area contributed by atoms with Crippen LogP contribution in [0.4, 0.5) is 4.79 Å². The van der Waals surface area contributed by atoms with Crippen molar-refractivity contribution in [1.29, 1.82) is 0 Å². The molecule has 0 aliphatic heterocycles. The third-order valence-electron chi connectivity index (χ3n) is 12.1. The van der Waals surface area contributed by atoms with Crippen LogP contribution in [0.25, 0.3) is 11.1 Å². The topological polar surface area (TPSA) is 93.7 Å². The van der Waals surface area contributed by atoms with Gasteiger partial charge in [-0.3, -0.25) is 4.79 Å². The van der Waals surface area contributed by atoms with E-state index in [-0.39, 0.29) is 12.5 Å². The second-order valence-corrected chi connectivity index (χ2v) is 16.3. The SMILES string of the molecule is O=C(C[C@H](NC(=O)OCC1c2ccccc2-c2ccccc21)C(=O)OC(c1ccccc1)(c1ccccc1)c1ccccc1Cl)NC(c1ccccc1)(c1ccccc1)c1ccccc1.